The number of amides is 2. The number of aliphatic hydroxyl groups is 3. The Hall–Kier alpha value is -3.76. The van der Waals surface area contributed by atoms with Crippen LogP contribution < -0.4 is 21.3 Å². The van der Waals surface area contributed by atoms with Crippen LogP contribution in [0.15, 0.2) is 72.3 Å². The Balaban J connectivity index is 0.00000271. The Kier molecular flexibility index (Phi) is 14.0. The summed E-state index contributed by atoms with van der Waals surface area (Å²) in [5.74, 6) is -0.359. The first kappa shape index (κ1) is 35.7. The van der Waals surface area contributed by atoms with E-state index in [4.69, 9.17) is 28.3 Å². The summed E-state index contributed by atoms with van der Waals surface area (Å²) in [6.07, 6.45) is -2.08. The number of thioether (sulfide) groups is 1. The van der Waals surface area contributed by atoms with E-state index in [1.54, 1.807) is 42.5 Å². The van der Waals surface area contributed by atoms with Crippen molar-refractivity contribution < 1.29 is 24.9 Å². The van der Waals surface area contributed by atoms with Crippen LogP contribution in [0, 0.1) is 11.3 Å². The van der Waals surface area contributed by atoms with Gasteiger partial charge >= 0.3 is 0 Å². The van der Waals surface area contributed by atoms with Crippen LogP contribution in [0.4, 0.5) is 11.4 Å². The number of benzene rings is 3. The Morgan fingerprint density at radius 3 is 2.44 bits per heavy atom. The third-order valence-corrected chi connectivity index (χ3v) is 8.27. The average molecular weight is 673 g/mol. The molecule has 7 N–H and O–H groups in total. The lowest BCUT2D eigenvalue weighted by Crippen LogP contribution is -2.47. The zero-order chi connectivity index (χ0) is 32.9. The van der Waals surface area contributed by atoms with Gasteiger partial charge in [0.05, 0.1) is 28.5 Å². The lowest BCUT2D eigenvalue weighted by atomic mass is 10.0. The summed E-state index contributed by atoms with van der Waals surface area (Å²) in [6, 6.07) is 21.0. The van der Waals surface area contributed by atoms with Gasteiger partial charge in [0.1, 0.15) is 23.2 Å². The maximum Gasteiger partial charge on any atom is 0.266 e. The van der Waals surface area contributed by atoms with E-state index in [2.05, 4.69) is 21.3 Å². The molecular formula is C32H35Cl2N5O5S. The van der Waals surface area contributed by atoms with Gasteiger partial charge in [0.25, 0.3) is 11.8 Å². The molecule has 3 aromatic carbocycles. The predicted octanol–water partition coefficient (Wildman–Crippen LogP) is 4.96. The number of hydrogen-bond acceptors (Lipinski definition) is 9. The quantitative estimate of drug-likeness (QED) is 0.141. The summed E-state index contributed by atoms with van der Waals surface area (Å²) in [5.41, 5.74) is 2.94. The predicted molar refractivity (Wildman–Crippen MR) is 180 cm³/mol. The molecule has 0 spiro atoms. The Morgan fingerprint density at radius 1 is 1.00 bits per heavy atom. The molecule has 2 unspecified atom stereocenters. The smallest absolute Gasteiger partial charge is 0.266 e. The van der Waals surface area contributed by atoms with Gasteiger partial charge in [-0.25, -0.2) is 0 Å². The van der Waals surface area contributed by atoms with Gasteiger partial charge in [0.15, 0.2) is 0 Å². The van der Waals surface area contributed by atoms with E-state index in [0.29, 0.717) is 45.5 Å². The molecule has 2 amide bonds. The van der Waals surface area contributed by atoms with Gasteiger partial charge in [-0.2, -0.15) is 5.26 Å². The highest BCUT2D eigenvalue weighted by Crippen LogP contribution is 2.28. The zero-order valence-electron chi connectivity index (χ0n) is 24.7. The lowest BCUT2D eigenvalue weighted by molar-refractivity contribution is -0.117. The van der Waals surface area contributed by atoms with Crippen molar-refractivity contribution in [3.8, 4) is 6.07 Å². The number of carbonyl (C=O) groups excluding carboxylic acids is 2. The summed E-state index contributed by atoms with van der Waals surface area (Å²) >= 11 is 13.4. The van der Waals surface area contributed by atoms with Crippen LogP contribution in [0.3, 0.4) is 0 Å². The van der Waals surface area contributed by atoms with Crippen molar-refractivity contribution in [2.45, 2.75) is 43.7 Å². The molecule has 13 heteroatoms. The van der Waals surface area contributed by atoms with Crippen LogP contribution in [0.25, 0.3) is 5.70 Å². The lowest BCUT2D eigenvalue weighted by Gasteiger charge is -2.28. The van der Waals surface area contributed by atoms with Gasteiger partial charge in [-0.15, -0.1) is 11.8 Å². The van der Waals surface area contributed by atoms with Crippen molar-refractivity contribution >= 4 is 63.8 Å². The number of nitrogens with one attached hydrogen (secondary N) is 4. The standard InChI is InChI=1S/C30H29Cl2N5O5S.C2H6/c31-23-8-7-19(13-24(23)32)28(41)35-21-6-1-3-17(11-21)16-43-30-36-27(22(14-33)29(42)37-30)18-4-2-5-20(12-18)34-10-9-25(39)26(40)15-38;1-2/h1-8,11-13,25-26,30,34,36,38-40H,9-10,15-16H2,(H,35,41)(H,37,42);1-2H3/t25-,26?,30?;/m1./s1. The SMILES string of the molecule is CC.N#CC1=C(c2cccc(NCC[C@@H](O)C(O)CO)c2)NC(SCc2cccc(NC(=O)c3ccc(Cl)c(Cl)c3)c2)NC1=O. The van der Waals surface area contributed by atoms with Crippen molar-refractivity contribution in [2.75, 3.05) is 23.8 Å². The van der Waals surface area contributed by atoms with Crippen LogP contribution in [0.2, 0.25) is 10.0 Å². The monoisotopic (exact) mass is 671 g/mol. The summed E-state index contributed by atoms with van der Waals surface area (Å²) in [5, 5.41) is 50.7. The van der Waals surface area contributed by atoms with Crippen molar-refractivity contribution in [3.63, 3.8) is 0 Å². The average Bonchev–Trinajstić information content (AvgIpc) is 3.05. The van der Waals surface area contributed by atoms with Crippen molar-refractivity contribution in [1.29, 1.82) is 5.26 Å². The first-order valence-corrected chi connectivity index (χ1v) is 16.0. The van der Waals surface area contributed by atoms with Gasteiger partial charge in [-0.1, -0.05) is 61.3 Å². The minimum Gasteiger partial charge on any atom is -0.394 e. The molecule has 45 heavy (non-hydrogen) atoms. The zero-order valence-corrected chi connectivity index (χ0v) is 27.0. The normalized spacial score (nSPS) is 15.4. The molecule has 0 aliphatic carbocycles. The molecule has 1 aliphatic heterocycles. The highest BCUT2D eigenvalue weighted by Gasteiger charge is 2.27. The van der Waals surface area contributed by atoms with Gasteiger partial charge < -0.3 is 36.6 Å². The van der Waals surface area contributed by atoms with E-state index in [0.717, 1.165) is 5.56 Å². The first-order chi connectivity index (χ1) is 21.7. The fraction of sp³-hybridized carbons (Fsp3) is 0.281. The molecule has 0 bridgehead atoms. The van der Waals surface area contributed by atoms with Gasteiger partial charge in [-0.05, 0) is 54.4 Å². The second-order valence-corrected chi connectivity index (χ2v) is 11.5. The van der Waals surface area contributed by atoms with Crippen molar-refractivity contribution in [2.24, 2.45) is 0 Å². The number of nitriles is 1. The molecule has 0 saturated carbocycles. The molecule has 3 atom stereocenters. The van der Waals surface area contributed by atoms with Gasteiger partial charge in [-0.3, -0.25) is 9.59 Å². The molecular weight excluding hydrogens is 637 g/mol. The third kappa shape index (κ3) is 10.1. The molecule has 3 aromatic rings. The van der Waals surface area contributed by atoms with Crippen molar-refractivity contribution in [1.82, 2.24) is 10.6 Å². The Morgan fingerprint density at radius 2 is 1.73 bits per heavy atom. The minimum atomic E-state index is -1.22. The molecule has 0 fully saturated rings. The largest absolute Gasteiger partial charge is 0.394 e. The van der Waals surface area contributed by atoms with E-state index in [1.165, 1.54) is 17.8 Å². The number of aliphatic hydroxyl groups excluding tert-OH is 3. The second kappa shape index (κ2) is 17.7. The maximum atomic E-state index is 12.8. The second-order valence-electron chi connectivity index (χ2n) is 9.57. The van der Waals surface area contributed by atoms with Crippen molar-refractivity contribution in [3.05, 3.63) is 99.0 Å². The summed E-state index contributed by atoms with van der Waals surface area (Å²) in [7, 11) is 0. The van der Waals surface area contributed by atoms with Gasteiger partial charge in [0, 0.05) is 34.8 Å². The Bertz CT molecular complexity index is 1560. The number of nitrogens with zero attached hydrogens (tertiary/aromatic N) is 1. The first-order valence-electron chi connectivity index (χ1n) is 14.2. The van der Waals surface area contributed by atoms with E-state index in [1.807, 2.05) is 38.1 Å². The molecule has 1 aliphatic rings. The topological polar surface area (TPSA) is 167 Å². The molecule has 0 saturated heterocycles. The van der Waals surface area contributed by atoms with E-state index >= 15 is 0 Å². The van der Waals surface area contributed by atoms with Crippen LogP contribution in [0.5, 0.6) is 0 Å². The minimum absolute atomic E-state index is 0.0532. The Labute approximate surface area is 276 Å². The van der Waals surface area contributed by atoms with Crippen LogP contribution in [0.1, 0.15) is 41.8 Å². The van der Waals surface area contributed by atoms with E-state index < -0.39 is 30.2 Å². The molecule has 1 heterocycles. The summed E-state index contributed by atoms with van der Waals surface area (Å²) < 4.78 is 0. The molecule has 4 rings (SSSR count). The number of hydrogen-bond donors (Lipinski definition) is 7. The fourth-order valence-corrected chi connectivity index (χ4v) is 5.41. The highest BCUT2D eigenvalue weighted by molar-refractivity contribution is 7.99. The molecule has 0 aromatic heterocycles. The fourth-order valence-electron chi connectivity index (χ4n) is 4.18. The van der Waals surface area contributed by atoms with E-state index in [9.17, 15) is 25.1 Å². The molecule has 238 valence electrons. The molecule has 10 nitrogen and oxygen atoms in total. The number of rotatable bonds is 12. The number of anilines is 2. The summed E-state index contributed by atoms with van der Waals surface area (Å²) in [6.45, 7) is 3.79. The van der Waals surface area contributed by atoms with Crippen LogP contribution in [-0.4, -0.2) is 58.0 Å². The highest BCUT2D eigenvalue weighted by atomic mass is 35.5. The molecule has 0 radical (unpaired) electrons. The van der Waals surface area contributed by atoms with Crippen LogP contribution in [-0.2, 0) is 10.5 Å². The maximum absolute atomic E-state index is 12.8. The third-order valence-electron chi connectivity index (χ3n) is 6.46. The number of halogens is 2. The van der Waals surface area contributed by atoms with Crippen LogP contribution >= 0.6 is 35.0 Å². The number of carbonyl (C=O) groups is 2. The van der Waals surface area contributed by atoms with E-state index in [-0.39, 0.29) is 22.9 Å². The summed E-state index contributed by atoms with van der Waals surface area (Å²) in [4.78, 5) is 25.5. The van der Waals surface area contributed by atoms with Gasteiger partial charge in [0.2, 0.25) is 0 Å².